The lowest BCUT2D eigenvalue weighted by Gasteiger charge is -2.59. The van der Waals surface area contributed by atoms with Gasteiger partial charge >= 0.3 is 11.4 Å². The van der Waals surface area contributed by atoms with Crippen molar-refractivity contribution in [3.05, 3.63) is 40.5 Å². The van der Waals surface area contributed by atoms with Crippen LogP contribution in [0.1, 0.15) is 44.1 Å². The van der Waals surface area contributed by atoms with Gasteiger partial charge in [-0.1, -0.05) is 6.07 Å². The Hall–Kier alpha value is -1.43. The van der Waals surface area contributed by atoms with Crippen molar-refractivity contribution in [3.63, 3.8) is 0 Å². The zero-order valence-corrected chi connectivity index (χ0v) is 17.6. The first-order chi connectivity index (χ1) is 14.0. The zero-order valence-electron chi connectivity index (χ0n) is 16.0. The van der Waals surface area contributed by atoms with Gasteiger partial charge in [-0.05, 0) is 43.9 Å². The fourth-order valence-electron chi connectivity index (χ4n) is 5.88. The molecule has 1 aromatic carbocycles. The summed E-state index contributed by atoms with van der Waals surface area (Å²) >= 11 is 0. The monoisotopic (exact) mass is 489 g/mol. The van der Waals surface area contributed by atoms with E-state index in [2.05, 4.69) is 0 Å². The Labute approximate surface area is 175 Å². The van der Waals surface area contributed by atoms with Gasteiger partial charge in [-0.15, -0.1) is 12.1 Å². The maximum absolute atomic E-state index is 15.3. The quantitative estimate of drug-likeness (QED) is 0.449. The average Bonchev–Trinajstić information content (AvgIpc) is 2.59. The second-order valence-corrected chi connectivity index (χ2v) is 13.4. The molecule has 1 aromatic rings. The fourth-order valence-corrected chi connectivity index (χ4v) is 11.1. The van der Waals surface area contributed by atoms with Crippen LogP contribution in [0, 0.1) is 16.4 Å². The summed E-state index contributed by atoms with van der Waals surface area (Å²) in [6.07, 6.45) is -6.81. The van der Waals surface area contributed by atoms with Crippen molar-refractivity contribution in [1.29, 1.82) is 0 Å². The first kappa shape index (κ1) is 22.8. The van der Waals surface area contributed by atoms with Crippen LogP contribution in [0.3, 0.4) is 0 Å². The molecule has 12 heteroatoms. The fraction of sp³-hybridized carbons (Fsp3) is 0.632. The van der Waals surface area contributed by atoms with Crippen molar-refractivity contribution in [2.24, 2.45) is 11.8 Å². The third kappa shape index (κ3) is 3.19. The van der Waals surface area contributed by atoms with Gasteiger partial charge in [-0.2, -0.15) is 39.6 Å². The third-order valence-corrected chi connectivity index (χ3v) is 12.0. The molecule has 4 aliphatic rings. The Morgan fingerprint density at radius 2 is 1.39 bits per heavy atom. The van der Waals surface area contributed by atoms with E-state index in [9.17, 15) is 38.8 Å². The van der Waals surface area contributed by atoms with Crippen molar-refractivity contribution >= 4 is 19.7 Å². The molecule has 0 radical (unpaired) electrons. The lowest BCUT2D eigenvalue weighted by atomic mass is 9.54. The van der Waals surface area contributed by atoms with Crippen LogP contribution in [-0.4, -0.2) is 38.7 Å². The highest BCUT2D eigenvalue weighted by Gasteiger charge is 2.71. The van der Waals surface area contributed by atoms with Gasteiger partial charge in [0, 0.05) is 6.42 Å². The number of sulfone groups is 2. The second-order valence-electron chi connectivity index (χ2n) is 8.97. The molecular weight excluding hydrogens is 470 g/mol. The Morgan fingerprint density at radius 1 is 0.871 bits per heavy atom. The minimum atomic E-state index is -6.73. The van der Waals surface area contributed by atoms with Gasteiger partial charge in [0.05, 0.1) is 9.33 Å². The molecule has 0 saturated heterocycles. The molecule has 0 spiro atoms. The first-order valence-electron chi connectivity index (χ1n) is 9.60. The molecule has 4 aliphatic carbocycles. The Kier molecular flexibility index (Phi) is 4.81. The minimum absolute atomic E-state index is 0.0763. The van der Waals surface area contributed by atoms with Crippen molar-refractivity contribution in [3.8, 4) is 0 Å². The number of halogens is 6. The van der Waals surface area contributed by atoms with Crippen LogP contribution in [0.2, 0.25) is 0 Å². The molecule has 2 unspecified atom stereocenters. The summed E-state index contributed by atoms with van der Waals surface area (Å²) in [4.78, 5) is 0. The standard InChI is InChI=1S/C19H19F6O4S2/c20-16-7-12-6-13(8-16)10-17(9-12,11-16)30(26,27)15(14-4-2-1-3-5-14)31(28,29)19(24,25)18(21,22)23/h1-5,12-13H,6-11H2/q-1. The van der Waals surface area contributed by atoms with Crippen LogP contribution in [0.5, 0.6) is 0 Å². The summed E-state index contributed by atoms with van der Waals surface area (Å²) < 4.78 is 131. The van der Waals surface area contributed by atoms with E-state index in [0.717, 1.165) is 24.3 Å². The summed E-state index contributed by atoms with van der Waals surface area (Å²) in [5.41, 5.74) is -2.70. The maximum atomic E-state index is 15.3. The largest absolute Gasteiger partial charge is 0.468 e. The predicted octanol–water partition coefficient (Wildman–Crippen LogP) is 4.57. The molecule has 0 aliphatic heterocycles. The van der Waals surface area contributed by atoms with E-state index in [1.165, 1.54) is 6.07 Å². The highest BCUT2D eigenvalue weighted by atomic mass is 32.3. The molecule has 0 heterocycles. The van der Waals surface area contributed by atoms with Crippen molar-refractivity contribution < 1.29 is 43.2 Å². The van der Waals surface area contributed by atoms with Crippen LogP contribution in [0.4, 0.5) is 26.3 Å². The maximum Gasteiger partial charge on any atom is 0.468 e. The molecular formula is C19H19F6O4S2-. The lowest BCUT2D eigenvalue weighted by Crippen LogP contribution is -2.62. The molecule has 0 aromatic heterocycles. The Balaban J connectivity index is 1.92. The minimum Gasteiger partial charge on any atom is -0.244 e. The summed E-state index contributed by atoms with van der Waals surface area (Å²) in [6, 6.07) is 5.28. The van der Waals surface area contributed by atoms with Gasteiger partial charge in [0.15, 0.2) is 0 Å². The molecule has 4 bridgehead atoms. The van der Waals surface area contributed by atoms with Crippen molar-refractivity contribution in [2.75, 3.05) is 0 Å². The predicted molar refractivity (Wildman–Crippen MR) is 98.9 cm³/mol. The molecule has 174 valence electrons. The van der Waals surface area contributed by atoms with Gasteiger partial charge in [0.25, 0.3) is 0 Å². The van der Waals surface area contributed by atoms with Crippen LogP contribution in [-0.2, 0) is 19.7 Å². The summed E-state index contributed by atoms with van der Waals surface area (Å²) in [7, 11) is -12.0. The third-order valence-electron chi connectivity index (χ3n) is 6.67. The Bertz CT molecular complexity index is 1070. The van der Waals surface area contributed by atoms with Crippen LogP contribution in [0.15, 0.2) is 30.3 Å². The van der Waals surface area contributed by atoms with Crippen LogP contribution < -0.4 is 0 Å². The van der Waals surface area contributed by atoms with Crippen molar-refractivity contribution in [1.82, 2.24) is 0 Å². The second kappa shape index (κ2) is 6.55. The number of hydrogen-bond donors (Lipinski definition) is 0. The molecule has 5 rings (SSSR count). The van der Waals surface area contributed by atoms with Crippen LogP contribution >= 0.6 is 0 Å². The van der Waals surface area contributed by atoms with Crippen molar-refractivity contribution in [2.45, 2.75) is 60.4 Å². The molecule has 4 nitrogen and oxygen atoms in total. The van der Waals surface area contributed by atoms with Gasteiger partial charge in [0.1, 0.15) is 15.5 Å². The number of benzene rings is 1. The Morgan fingerprint density at radius 3 is 1.84 bits per heavy atom. The van der Waals surface area contributed by atoms with Gasteiger partial charge in [-0.3, -0.25) is 0 Å². The zero-order chi connectivity index (χ0) is 23.1. The molecule has 0 amide bonds. The number of hydrogen-bond acceptors (Lipinski definition) is 4. The highest BCUT2D eigenvalue weighted by molar-refractivity contribution is 8.14. The SMILES string of the molecule is O=S(=O)([C-](c1ccccc1)S(=O)(=O)C(F)(F)C(F)(F)F)C12CC3CC(CC(F)(C3)C1)C2. The smallest absolute Gasteiger partial charge is 0.244 e. The van der Waals surface area contributed by atoms with E-state index >= 15 is 4.39 Å². The summed E-state index contributed by atoms with van der Waals surface area (Å²) in [5.74, 6) is -0.798. The number of rotatable bonds is 5. The first-order valence-corrected chi connectivity index (χ1v) is 12.6. The van der Waals surface area contributed by atoms with E-state index in [1.54, 1.807) is 0 Å². The average molecular weight is 489 g/mol. The molecule has 31 heavy (non-hydrogen) atoms. The van der Waals surface area contributed by atoms with Gasteiger partial charge in [0.2, 0.25) is 9.84 Å². The van der Waals surface area contributed by atoms with Crippen LogP contribution in [0.25, 0.3) is 0 Å². The molecule has 0 N–H and O–H groups in total. The highest BCUT2D eigenvalue weighted by Crippen LogP contribution is 2.64. The lowest BCUT2D eigenvalue weighted by molar-refractivity contribution is -0.241. The normalized spacial score (nSPS) is 33.5. The van der Waals surface area contributed by atoms with E-state index in [1.807, 2.05) is 0 Å². The van der Waals surface area contributed by atoms with Gasteiger partial charge < -0.3 is 0 Å². The van der Waals surface area contributed by atoms with Gasteiger partial charge in [-0.25, -0.2) is 21.2 Å². The van der Waals surface area contributed by atoms with E-state index in [-0.39, 0.29) is 25.7 Å². The topological polar surface area (TPSA) is 68.3 Å². The van der Waals surface area contributed by atoms with E-state index in [4.69, 9.17) is 0 Å². The van der Waals surface area contributed by atoms with E-state index in [0.29, 0.717) is 6.42 Å². The molecule has 4 saturated carbocycles. The molecule has 4 fully saturated rings. The molecule has 2 atom stereocenters. The van der Waals surface area contributed by atoms with E-state index < -0.39 is 69.9 Å². The summed E-state index contributed by atoms with van der Waals surface area (Å²) in [6.45, 7) is 0. The number of alkyl halides is 6. The summed E-state index contributed by atoms with van der Waals surface area (Å²) in [5, 5.41) is -6.34.